The molecule has 0 amide bonds. The molecule has 0 saturated carbocycles. The van der Waals surface area contributed by atoms with Gasteiger partial charge in [-0.15, -0.1) is 5.10 Å². The fraction of sp³-hybridized carbons (Fsp3) is 0.158. The zero-order valence-electron chi connectivity index (χ0n) is 14.7. The number of anilines is 1. The van der Waals surface area contributed by atoms with Crippen LogP contribution in [0, 0.1) is 5.82 Å². The first-order valence-electron chi connectivity index (χ1n) is 8.74. The van der Waals surface area contributed by atoms with Gasteiger partial charge in [0, 0.05) is 11.8 Å². The minimum absolute atomic E-state index is 0.189. The molecule has 4 aromatic rings. The number of para-hydroxylation sites is 1. The lowest BCUT2D eigenvalue weighted by molar-refractivity contribution is 0.130. The van der Waals surface area contributed by atoms with Gasteiger partial charge in [0.05, 0.1) is 24.7 Å². The molecule has 5 rings (SSSR count). The van der Waals surface area contributed by atoms with Gasteiger partial charge < -0.3 is 15.0 Å². The van der Waals surface area contributed by atoms with E-state index in [2.05, 4.69) is 20.3 Å². The van der Waals surface area contributed by atoms with Crippen LogP contribution in [0.2, 0.25) is 0 Å². The highest BCUT2D eigenvalue weighted by atomic mass is 19.1. The number of nitrogens with two attached hydrogens (primary N) is 1. The number of benzene rings is 1. The highest BCUT2D eigenvalue weighted by Crippen LogP contribution is 2.33. The molecule has 0 fully saturated rings. The monoisotopic (exact) mass is 377 g/mol. The number of hydrogen-bond donors (Lipinski definition) is 1. The lowest BCUT2D eigenvalue weighted by Gasteiger charge is -2.07. The summed E-state index contributed by atoms with van der Waals surface area (Å²) in [5.41, 5.74) is 8.71. The molecule has 0 saturated heterocycles. The van der Waals surface area contributed by atoms with Crippen molar-refractivity contribution >= 4 is 16.9 Å². The van der Waals surface area contributed by atoms with E-state index in [1.807, 2.05) is 22.9 Å². The molecule has 28 heavy (non-hydrogen) atoms. The van der Waals surface area contributed by atoms with Gasteiger partial charge in [0.2, 0.25) is 0 Å². The maximum Gasteiger partial charge on any atom is 0.148 e. The molecule has 3 aromatic heterocycles. The van der Waals surface area contributed by atoms with Gasteiger partial charge in [0.15, 0.2) is 0 Å². The number of aromatic nitrogens is 6. The smallest absolute Gasteiger partial charge is 0.148 e. The molecular formula is C19H16FN7O. The summed E-state index contributed by atoms with van der Waals surface area (Å²) in [6.45, 7) is 0.958. The van der Waals surface area contributed by atoms with Crippen molar-refractivity contribution in [2.75, 3.05) is 12.3 Å². The van der Waals surface area contributed by atoms with E-state index >= 15 is 0 Å². The Morgan fingerprint density at radius 2 is 2.11 bits per heavy atom. The van der Waals surface area contributed by atoms with Gasteiger partial charge in [0.1, 0.15) is 41.1 Å². The Hall–Kier alpha value is -3.59. The molecule has 1 aromatic carbocycles. The van der Waals surface area contributed by atoms with Crippen molar-refractivity contribution in [3.63, 3.8) is 0 Å². The molecule has 140 valence electrons. The van der Waals surface area contributed by atoms with Crippen molar-refractivity contribution in [2.24, 2.45) is 0 Å². The third-order valence-electron chi connectivity index (χ3n) is 4.67. The summed E-state index contributed by atoms with van der Waals surface area (Å²) in [5.74, 6) is 0.0380. The van der Waals surface area contributed by atoms with Crippen molar-refractivity contribution in [3.8, 4) is 5.69 Å². The highest BCUT2D eigenvalue weighted by molar-refractivity contribution is 5.90. The van der Waals surface area contributed by atoms with E-state index in [4.69, 9.17) is 10.5 Å². The molecule has 4 heterocycles. The summed E-state index contributed by atoms with van der Waals surface area (Å²) < 4.78 is 23.1. The molecule has 0 aliphatic carbocycles. The van der Waals surface area contributed by atoms with Crippen LogP contribution in [-0.4, -0.2) is 36.1 Å². The van der Waals surface area contributed by atoms with Crippen LogP contribution in [0.5, 0.6) is 0 Å². The van der Waals surface area contributed by atoms with E-state index in [1.54, 1.807) is 24.4 Å². The Morgan fingerprint density at radius 3 is 2.93 bits per heavy atom. The largest absolute Gasteiger partial charge is 0.383 e. The van der Waals surface area contributed by atoms with Crippen LogP contribution in [-0.2, 0) is 11.3 Å². The fourth-order valence-corrected chi connectivity index (χ4v) is 3.40. The molecule has 8 nitrogen and oxygen atoms in total. The van der Waals surface area contributed by atoms with Gasteiger partial charge >= 0.3 is 0 Å². The van der Waals surface area contributed by atoms with E-state index in [1.165, 1.54) is 17.1 Å². The first-order chi connectivity index (χ1) is 13.7. The van der Waals surface area contributed by atoms with Crippen LogP contribution in [0.3, 0.4) is 0 Å². The van der Waals surface area contributed by atoms with Crippen molar-refractivity contribution in [3.05, 3.63) is 72.2 Å². The average Bonchev–Trinajstić information content (AvgIpc) is 3.43. The molecule has 9 heteroatoms. The van der Waals surface area contributed by atoms with Gasteiger partial charge in [-0.2, -0.15) is 0 Å². The van der Waals surface area contributed by atoms with Crippen LogP contribution in [0.1, 0.15) is 17.4 Å². The number of nitrogens with zero attached hydrogens (tertiary/aromatic N) is 6. The van der Waals surface area contributed by atoms with Crippen LogP contribution in [0.4, 0.5) is 10.2 Å². The summed E-state index contributed by atoms with van der Waals surface area (Å²) in [5, 5.41) is 8.98. The Morgan fingerprint density at radius 1 is 1.21 bits per heavy atom. The van der Waals surface area contributed by atoms with Crippen molar-refractivity contribution in [2.45, 2.75) is 12.6 Å². The minimum Gasteiger partial charge on any atom is -0.383 e. The van der Waals surface area contributed by atoms with Gasteiger partial charge in [-0.25, -0.2) is 19.0 Å². The first kappa shape index (κ1) is 16.6. The van der Waals surface area contributed by atoms with Crippen molar-refractivity contribution < 1.29 is 9.13 Å². The van der Waals surface area contributed by atoms with Gasteiger partial charge in [0.25, 0.3) is 0 Å². The normalized spacial score (nSPS) is 16.2. The standard InChI is InChI=1S/C19H16FN7O/c20-14-4-1-2-5-15(14)27-9-12(24-25-27)8-26-10-13(16-6-3-7-28-16)17-18(21)22-11-23-19(17)26/h1-6,9-11,16H,7-8H2,(H2,21,22,23). The first-order valence-corrected chi connectivity index (χ1v) is 8.74. The van der Waals surface area contributed by atoms with Gasteiger partial charge in [-0.3, -0.25) is 0 Å². The van der Waals surface area contributed by atoms with Crippen molar-refractivity contribution in [1.82, 2.24) is 29.5 Å². The predicted octanol–water partition coefficient (Wildman–Crippen LogP) is 2.41. The highest BCUT2D eigenvalue weighted by Gasteiger charge is 2.22. The Labute approximate surface area is 159 Å². The van der Waals surface area contributed by atoms with E-state index < -0.39 is 0 Å². The summed E-state index contributed by atoms with van der Waals surface area (Å²) >= 11 is 0. The SMILES string of the molecule is Nc1ncnc2c1c(C1C=CCO1)cn2Cc1cn(-c2ccccc2F)nn1. The Kier molecular flexibility index (Phi) is 3.87. The molecule has 0 radical (unpaired) electrons. The van der Waals surface area contributed by atoms with Crippen LogP contribution < -0.4 is 5.73 Å². The van der Waals surface area contributed by atoms with E-state index in [9.17, 15) is 4.39 Å². The minimum atomic E-state index is -0.363. The third kappa shape index (κ3) is 2.72. The second-order valence-electron chi connectivity index (χ2n) is 6.46. The Bertz CT molecular complexity index is 1200. The fourth-order valence-electron chi connectivity index (χ4n) is 3.40. The van der Waals surface area contributed by atoms with Crippen molar-refractivity contribution in [1.29, 1.82) is 0 Å². The zero-order valence-corrected chi connectivity index (χ0v) is 14.7. The zero-order chi connectivity index (χ0) is 19.1. The third-order valence-corrected chi connectivity index (χ3v) is 4.67. The van der Waals surface area contributed by atoms with E-state index in [0.717, 1.165) is 10.9 Å². The summed E-state index contributed by atoms with van der Waals surface area (Å²) in [6, 6.07) is 6.42. The van der Waals surface area contributed by atoms with Gasteiger partial charge in [-0.05, 0) is 12.1 Å². The number of nitrogen functional groups attached to an aromatic ring is 1. The lowest BCUT2D eigenvalue weighted by atomic mass is 10.1. The number of ether oxygens (including phenoxy) is 1. The summed E-state index contributed by atoms with van der Waals surface area (Å²) in [6.07, 6.45) is 8.83. The molecule has 0 spiro atoms. The van der Waals surface area contributed by atoms with Crippen LogP contribution in [0.15, 0.2) is 55.1 Å². The van der Waals surface area contributed by atoms with E-state index in [0.29, 0.717) is 36.0 Å². The Balaban J connectivity index is 1.53. The number of halogens is 1. The maximum atomic E-state index is 14.0. The maximum absolute atomic E-state index is 14.0. The molecule has 2 N–H and O–H groups in total. The molecular weight excluding hydrogens is 361 g/mol. The molecule has 1 aliphatic heterocycles. The number of hydrogen-bond acceptors (Lipinski definition) is 6. The molecule has 1 atom stereocenters. The average molecular weight is 377 g/mol. The summed E-state index contributed by atoms with van der Waals surface area (Å²) in [7, 11) is 0. The molecule has 0 bridgehead atoms. The van der Waals surface area contributed by atoms with Gasteiger partial charge in [-0.1, -0.05) is 29.5 Å². The number of rotatable bonds is 4. The molecule has 1 aliphatic rings. The summed E-state index contributed by atoms with van der Waals surface area (Å²) in [4.78, 5) is 8.50. The predicted molar refractivity (Wildman–Crippen MR) is 100 cm³/mol. The second kappa shape index (κ2) is 6.54. The quantitative estimate of drug-likeness (QED) is 0.549. The van der Waals surface area contributed by atoms with Crippen LogP contribution >= 0.6 is 0 Å². The van der Waals surface area contributed by atoms with Crippen LogP contribution in [0.25, 0.3) is 16.7 Å². The topological polar surface area (TPSA) is 96.7 Å². The number of fused-ring (bicyclic) bond motifs is 1. The lowest BCUT2D eigenvalue weighted by Crippen LogP contribution is -2.01. The second-order valence-corrected chi connectivity index (χ2v) is 6.46. The van der Waals surface area contributed by atoms with E-state index in [-0.39, 0.29) is 11.9 Å². The molecule has 1 unspecified atom stereocenters.